The van der Waals surface area contributed by atoms with Crippen LogP contribution in [-0.2, 0) is 20.7 Å². The number of epoxide rings is 1. The molecule has 15 atom stereocenters. The number of fused-ring (bicyclic) bond motifs is 2. The predicted octanol–water partition coefficient (Wildman–Crippen LogP) is 7.39. The molecule has 5 heterocycles. The van der Waals surface area contributed by atoms with Gasteiger partial charge < -0.3 is 35.2 Å². The van der Waals surface area contributed by atoms with Gasteiger partial charge in [-0.25, -0.2) is 0 Å². The SMILES string of the molecule is CC(C)C(C)C1OC1C(C)(O)C1CCC2(O)C3=CC(=O)C45CSSCC6CCCCC67CCN(C7=O)c6cc(O)cc(c6)CCC12CCC3C41CCCC5C(O)C(O)C1. The number of rotatable bonds is 4. The third-order valence-electron chi connectivity index (χ3n) is 19.3. The number of phenols is 1. The summed E-state index contributed by atoms with van der Waals surface area (Å²) in [5, 5.41) is 61.4. The minimum absolute atomic E-state index is 0.00503. The van der Waals surface area contributed by atoms with Crippen molar-refractivity contribution in [3.05, 3.63) is 35.4 Å². The lowest BCUT2D eigenvalue weighted by Gasteiger charge is -2.69. The van der Waals surface area contributed by atoms with Crippen molar-refractivity contribution in [3.8, 4) is 5.75 Å². The van der Waals surface area contributed by atoms with E-state index in [0.717, 1.165) is 73.9 Å². The number of aliphatic hydroxyl groups excluding tert-OH is 2. The largest absolute Gasteiger partial charge is 0.508 e. The van der Waals surface area contributed by atoms with Gasteiger partial charge in [0.25, 0.3) is 0 Å². The molecule has 10 bridgehead atoms. The second-order valence-electron chi connectivity index (χ2n) is 21.6. The van der Waals surface area contributed by atoms with Crippen LogP contribution in [0, 0.1) is 57.2 Å². The molecule has 11 aliphatic rings. The summed E-state index contributed by atoms with van der Waals surface area (Å²) in [4.78, 5) is 32.1. The molecule has 6 aliphatic carbocycles. The number of benzene rings is 1. The van der Waals surface area contributed by atoms with Crippen molar-refractivity contribution in [3.63, 3.8) is 0 Å². The Morgan fingerprint density at radius 3 is 2.53 bits per heavy atom. The van der Waals surface area contributed by atoms with Gasteiger partial charge in [-0.15, -0.1) is 0 Å². The molecule has 12 rings (SSSR count). The number of aryl methyl sites for hydroxylation is 1. The average Bonchev–Trinajstić information content (AvgIpc) is 3.87. The van der Waals surface area contributed by atoms with Gasteiger partial charge in [-0.2, -0.15) is 0 Å². The van der Waals surface area contributed by atoms with Gasteiger partial charge in [-0.05, 0) is 148 Å². The molecule has 1 aromatic rings. The molecular formula is C48H67NO8S2. The van der Waals surface area contributed by atoms with Crippen molar-refractivity contribution in [1.82, 2.24) is 0 Å². The molecule has 59 heavy (non-hydrogen) atoms. The Morgan fingerprint density at radius 1 is 0.915 bits per heavy atom. The topological polar surface area (TPSA) is 151 Å². The molecule has 7 fully saturated rings. The number of aliphatic hydroxyl groups is 4. The van der Waals surface area contributed by atoms with Crippen LogP contribution in [0.2, 0.25) is 0 Å². The molecule has 5 aliphatic heterocycles. The number of aromatic hydroxyl groups is 1. The number of carbonyl (C=O) groups is 2. The Kier molecular flexibility index (Phi) is 9.97. The maximum atomic E-state index is 15.5. The zero-order chi connectivity index (χ0) is 41.5. The lowest BCUT2D eigenvalue weighted by Crippen LogP contribution is -2.72. The van der Waals surface area contributed by atoms with E-state index in [1.165, 1.54) is 0 Å². The first kappa shape index (κ1) is 41.4. The minimum atomic E-state index is -1.39. The standard InChI is InChI=1S/C48H67NO8S2/c1-27(2)28(3)40-41(57-40)43(4,55)37-12-17-48(56)35-23-38(52)47-26-59-58-25-30-8-5-6-13-44(30)18-19-49(42(44)54)31-20-29(21-32(50)22-31)10-15-45(37,48)16-11-33(35)46(47)14-7-9-34(47)39(53)36(51)24-46/h20-23,27-28,30,33-34,36-37,39-41,50-51,53,55-56H,5-19,24-26H2,1-4H3. The van der Waals surface area contributed by atoms with Crippen molar-refractivity contribution in [2.45, 2.75) is 160 Å². The monoisotopic (exact) mass is 849 g/mol. The van der Waals surface area contributed by atoms with Crippen molar-refractivity contribution in [1.29, 1.82) is 0 Å². The van der Waals surface area contributed by atoms with Crippen LogP contribution < -0.4 is 4.90 Å². The Morgan fingerprint density at radius 2 is 1.73 bits per heavy atom. The zero-order valence-corrected chi connectivity index (χ0v) is 37.2. The first-order chi connectivity index (χ1) is 28.1. The number of nitrogens with zero attached hydrogens (tertiary/aromatic N) is 1. The summed E-state index contributed by atoms with van der Waals surface area (Å²) >= 11 is 0. The number of phenolic OH excluding ortho intramolecular Hbond substituents is 1. The lowest BCUT2D eigenvalue weighted by molar-refractivity contribution is -0.222. The summed E-state index contributed by atoms with van der Waals surface area (Å²) in [6, 6.07) is 5.58. The first-order valence-corrected chi connectivity index (χ1v) is 25.7. The Hall–Kier alpha value is -1.60. The number of allylic oxidation sites excluding steroid dienone is 1. The van der Waals surface area contributed by atoms with Gasteiger partial charge in [0, 0.05) is 41.1 Å². The Balaban J connectivity index is 1.12. The highest BCUT2D eigenvalue weighted by atomic mass is 33.1. The van der Waals surface area contributed by atoms with Crippen molar-refractivity contribution in [2.24, 2.45) is 57.2 Å². The molecule has 3 spiro atoms. The summed E-state index contributed by atoms with van der Waals surface area (Å²) in [6.45, 7) is 9.09. The smallest absolute Gasteiger partial charge is 0.233 e. The van der Waals surface area contributed by atoms with Crippen molar-refractivity contribution in [2.75, 3.05) is 23.0 Å². The van der Waals surface area contributed by atoms with Crippen LogP contribution in [0.3, 0.4) is 0 Å². The molecule has 0 radical (unpaired) electrons. The highest BCUT2D eigenvalue weighted by Gasteiger charge is 2.77. The van der Waals surface area contributed by atoms with Crippen LogP contribution in [0.5, 0.6) is 5.75 Å². The second-order valence-corrected chi connectivity index (χ2v) is 24.1. The molecule has 1 amide bonds. The molecule has 0 aromatic heterocycles. The van der Waals surface area contributed by atoms with Crippen LogP contribution in [0.4, 0.5) is 5.69 Å². The number of hydrogen-bond donors (Lipinski definition) is 5. The van der Waals surface area contributed by atoms with E-state index in [1.807, 2.05) is 17.9 Å². The maximum absolute atomic E-state index is 15.5. The number of ketones is 1. The fourth-order valence-corrected chi connectivity index (χ4v) is 19.2. The summed E-state index contributed by atoms with van der Waals surface area (Å²) in [6.07, 6.45) is 10.3. The highest BCUT2D eigenvalue weighted by Crippen LogP contribution is 2.76. The maximum Gasteiger partial charge on any atom is 0.233 e. The van der Waals surface area contributed by atoms with Crippen LogP contribution >= 0.6 is 21.6 Å². The van der Waals surface area contributed by atoms with Gasteiger partial charge in [0.1, 0.15) is 11.9 Å². The van der Waals surface area contributed by atoms with E-state index in [-0.39, 0.29) is 59.2 Å². The van der Waals surface area contributed by atoms with E-state index in [4.69, 9.17) is 4.74 Å². The summed E-state index contributed by atoms with van der Waals surface area (Å²) in [5.74, 6) is 1.62. The summed E-state index contributed by atoms with van der Waals surface area (Å²) in [5.41, 5.74) is -2.96. The van der Waals surface area contributed by atoms with Gasteiger partial charge in [-0.1, -0.05) is 61.6 Å². The van der Waals surface area contributed by atoms with E-state index in [0.29, 0.717) is 63.2 Å². The molecule has 9 nitrogen and oxygen atoms in total. The highest BCUT2D eigenvalue weighted by molar-refractivity contribution is 8.76. The quantitative estimate of drug-likeness (QED) is 0.153. The van der Waals surface area contributed by atoms with Crippen LogP contribution in [0.15, 0.2) is 29.8 Å². The summed E-state index contributed by atoms with van der Waals surface area (Å²) in [7, 11) is 3.50. The van der Waals surface area contributed by atoms with E-state index < -0.39 is 45.1 Å². The molecular weight excluding hydrogens is 783 g/mol. The average molecular weight is 850 g/mol. The van der Waals surface area contributed by atoms with E-state index in [2.05, 4.69) is 26.8 Å². The fraction of sp³-hybridized carbons (Fsp3) is 0.792. The van der Waals surface area contributed by atoms with Crippen LogP contribution in [0.25, 0.3) is 0 Å². The number of anilines is 1. The Labute approximate surface area is 358 Å². The number of hydrogen-bond acceptors (Lipinski definition) is 10. The predicted molar refractivity (Wildman–Crippen MR) is 231 cm³/mol. The van der Waals surface area contributed by atoms with E-state index in [1.54, 1.807) is 33.7 Å². The number of amides is 1. The lowest BCUT2D eigenvalue weighted by atomic mass is 9.35. The number of ether oxygens (including phenoxy) is 1. The first-order valence-electron chi connectivity index (χ1n) is 23.2. The molecule has 324 valence electrons. The van der Waals surface area contributed by atoms with Crippen LogP contribution in [-0.4, -0.2) is 90.9 Å². The molecule has 1 aromatic carbocycles. The van der Waals surface area contributed by atoms with Gasteiger partial charge in [0.2, 0.25) is 5.91 Å². The molecule has 15 unspecified atom stereocenters. The minimum Gasteiger partial charge on any atom is -0.508 e. The van der Waals surface area contributed by atoms with Crippen molar-refractivity contribution >= 4 is 39.0 Å². The van der Waals surface area contributed by atoms with Gasteiger partial charge >= 0.3 is 0 Å². The van der Waals surface area contributed by atoms with Crippen molar-refractivity contribution < 1.29 is 39.9 Å². The third kappa shape index (κ3) is 5.62. The number of carbonyl (C=O) groups excluding carboxylic acids is 2. The van der Waals surface area contributed by atoms with Gasteiger partial charge in [0.05, 0.1) is 40.3 Å². The molecule has 5 N–H and O–H groups in total. The van der Waals surface area contributed by atoms with Gasteiger partial charge in [-0.3, -0.25) is 9.59 Å². The third-order valence-corrected chi connectivity index (χ3v) is 21.8. The Bertz CT molecular complexity index is 1920. The van der Waals surface area contributed by atoms with Crippen LogP contribution in [0.1, 0.15) is 123 Å². The van der Waals surface area contributed by atoms with E-state index in [9.17, 15) is 30.3 Å². The van der Waals surface area contributed by atoms with Gasteiger partial charge in [0.15, 0.2) is 5.78 Å². The molecule has 5 saturated carbocycles. The zero-order valence-electron chi connectivity index (χ0n) is 35.5. The fourth-order valence-electron chi connectivity index (χ4n) is 16.0. The van der Waals surface area contributed by atoms with E-state index >= 15 is 4.79 Å². The second kappa shape index (κ2) is 14.2. The molecule has 2 saturated heterocycles. The normalized spacial score (nSPS) is 47.0. The molecule has 11 heteroatoms. The summed E-state index contributed by atoms with van der Waals surface area (Å²) < 4.78 is 6.38.